The Hall–Kier alpha value is -2.95. The van der Waals surface area contributed by atoms with E-state index in [4.69, 9.17) is 14.2 Å². The van der Waals surface area contributed by atoms with Gasteiger partial charge in [-0.25, -0.2) is 0 Å². The first-order chi connectivity index (χ1) is 19.8. The van der Waals surface area contributed by atoms with Gasteiger partial charge in [0.05, 0.1) is 38.3 Å². The van der Waals surface area contributed by atoms with Gasteiger partial charge in [-0.05, 0) is 42.5 Å². The van der Waals surface area contributed by atoms with E-state index in [0.29, 0.717) is 49.6 Å². The number of methoxy groups -OCH3 is 1. The molecule has 41 heavy (non-hydrogen) atoms. The maximum atomic E-state index is 14.2. The van der Waals surface area contributed by atoms with Gasteiger partial charge in [-0.2, -0.15) is 0 Å². The molecular weight excluding hydrogens is 524 g/mol. The molecule has 2 bridgehead atoms. The number of likely N-dealkylation sites (tertiary alicyclic amines) is 1. The molecule has 1 aromatic rings. The number of carbonyl (C=O) groups is 3. The van der Waals surface area contributed by atoms with Crippen molar-refractivity contribution in [3.63, 3.8) is 0 Å². The zero-order valence-electron chi connectivity index (χ0n) is 24.2. The van der Waals surface area contributed by atoms with E-state index >= 15 is 0 Å². The Morgan fingerprint density at radius 3 is 2.56 bits per heavy atom. The van der Waals surface area contributed by atoms with Gasteiger partial charge >= 0.3 is 0 Å². The molecule has 222 valence electrons. The van der Waals surface area contributed by atoms with Crippen LogP contribution in [0.1, 0.15) is 33.1 Å². The first-order valence-corrected chi connectivity index (χ1v) is 15.1. The van der Waals surface area contributed by atoms with Gasteiger partial charge in [0.25, 0.3) is 0 Å². The number of benzene rings is 1. The highest BCUT2D eigenvalue weighted by Crippen LogP contribution is 2.55. The molecule has 5 aliphatic rings. The number of anilines is 1. The van der Waals surface area contributed by atoms with Gasteiger partial charge in [0.15, 0.2) is 0 Å². The SMILES string of the molecule is COc1ccc(NC(=O)[C@@H]2[C@@H]3C=C[C@]4(O3)[C@@H]2C(=O)N(CCN2CCOCC2)[C@H]4C(=O)N[C@@H]2CCC[C@H](C)[C@H]2C)cc1. The number of morpholine rings is 1. The molecule has 10 nitrogen and oxygen atoms in total. The molecule has 1 saturated carbocycles. The Bertz CT molecular complexity index is 1180. The van der Waals surface area contributed by atoms with Crippen molar-refractivity contribution in [1.29, 1.82) is 0 Å². The summed E-state index contributed by atoms with van der Waals surface area (Å²) in [7, 11) is 1.59. The fourth-order valence-corrected chi connectivity index (χ4v) is 7.53. The van der Waals surface area contributed by atoms with Crippen molar-refractivity contribution in [3.05, 3.63) is 36.4 Å². The van der Waals surface area contributed by atoms with E-state index < -0.39 is 29.6 Å². The fourth-order valence-electron chi connectivity index (χ4n) is 7.53. The molecule has 6 rings (SSSR count). The molecular formula is C31H42N4O6. The molecule has 0 unspecified atom stereocenters. The lowest BCUT2D eigenvalue weighted by Gasteiger charge is -2.38. The molecule has 4 aliphatic heterocycles. The topological polar surface area (TPSA) is 109 Å². The Balaban J connectivity index is 1.26. The minimum Gasteiger partial charge on any atom is -0.497 e. The van der Waals surface area contributed by atoms with Crippen LogP contribution >= 0.6 is 0 Å². The number of ether oxygens (including phenoxy) is 3. The molecule has 10 heteroatoms. The van der Waals surface area contributed by atoms with Crippen molar-refractivity contribution in [2.75, 3.05) is 51.8 Å². The molecule has 4 fully saturated rings. The van der Waals surface area contributed by atoms with Gasteiger partial charge in [-0.3, -0.25) is 19.3 Å². The van der Waals surface area contributed by atoms with Crippen molar-refractivity contribution >= 4 is 23.4 Å². The van der Waals surface area contributed by atoms with Gasteiger partial charge in [0, 0.05) is 37.9 Å². The van der Waals surface area contributed by atoms with Gasteiger partial charge in [-0.1, -0.05) is 38.8 Å². The molecule has 2 N–H and O–H groups in total. The number of nitrogens with zero attached hydrogens (tertiary/aromatic N) is 2. The fraction of sp³-hybridized carbons (Fsp3) is 0.645. The predicted molar refractivity (Wildman–Crippen MR) is 152 cm³/mol. The average Bonchev–Trinajstić information content (AvgIpc) is 3.62. The standard InChI is InChI=1S/C31H42N4O6/c1-19-5-4-6-23(20(19)2)33-29(37)27-31-12-11-24(41-31)25(28(36)32-21-7-9-22(39-3)10-8-21)26(31)30(38)35(27)14-13-34-15-17-40-18-16-34/h7-12,19-20,23-27H,4-6,13-18H2,1-3H3,(H,32,36)(H,33,37)/t19-,20+,23+,24-,25+,26-,27-,31-/m0/s1. The highest BCUT2D eigenvalue weighted by Gasteiger charge is 2.72. The van der Waals surface area contributed by atoms with Crippen LogP contribution in [-0.2, 0) is 23.9 Å². The van der Waals surface area contributed by atoms with E-state index in [1.165, 1.54) is 0 Å². The summed E-state index contributed by atoms with van der Waals surface area (Å²) >= 11 is 0. The third-order valence-corrected chi connectivity index (χ3v) is 10.1. The van der Waals surface area contributed by atoms with E-state index in [1.54, 1.807) is 36.3 Å². The number of nitrogens with one attached hydrogen (secondary N) is 2. The molecule has 3 amide bonds. The summed E-state index contributed by atoms with van der Waals surface area (Å²) in [5, 5.41) is 6.29. The summed E-state index contributed by atoms with van der Waals surface area (Å²) in [6.07, 6.45) is 6.33. The molecule has 1 aliphatic carbocycles. The van der Waals surface area contributed by atoms with Gasteiger partial charge in [0.1, 0.15) is 17.4 Å². The highest BCUT2D eigenvalue weighted by molar-refractivity contribution is 6.02. The van der Waals surface area contributed by atoms with Gasteiger partial charge < -0.3 is 29.7 Å². The van der Waals surface area contributed by atoms with Crippen LogP contribution in [0.4, 0.5) is 5.69 Å². The van der Waals surface area contributed by atoms with E-state index in [1.807, 2.05) is 12.2 Å². The first-order valence-electron chi connectivity index (χ1n) is 15.1. The van der Waals surface area contributed by atoms with Crippen LogP contribution in [0.3, 0.4) is 0 Å². The second-order valence-electron chi connectivity index (χ2n) is 12.3. The maximum absolute atomic E-state index is 14.2. The molecule has 3 saturated heterocycles. The number of fused-ring (bicyclic) bond motifs is 1. The number of hydrogen-bond acceptors (Lipinski definition) is 7. The summed E-state index contributed by atoms with van der Waals surface area (Å²) in [4.78, 5) is 46.0. The zero-order chi connectivity index (χ0) is 28.7. The van der Waals surface area contributed by atoms with Crippen LogP contribution in [-0.4, -0.2) is 97.8 Å². The zero-order valence-corrected chi connectivity index (χ0v) is 24.2. The van der Waals surface area contributed by atoms with Crippen molar-refractivity contribution in [1.82, 2.24) is 15.1 Å². The number of rotatable bonds is 8. The Morgan fingerprint density at radius 1 is 1.07 bits per heavy atom. The van der Waals surface area contributed by atoms with Gasteiger partial charge in [0.2, 0.25) is 17.7 Å². The quantitative estimate of drug-likeness (QED) is 0.464. The molecule has 8 atom stereocenters. The average molecular weight is 567 g/mol. The van der Waals surface area contributed by atoms with Crippen LogP contribution in [0.2, 0.25) is 0 Å². The summed E-state index contributed by atoms with van der Waals surface area (Å²) < 4.78 is 17.2. The minimum atomic E-state index is -1.16. The first kappa shape index (κ1) is 28.2. The van der Waals surface area contributed by atoms with E-state index in [-0.39, 0.29) is 23.8 Å². The van der Waals surface area contributed by atoms with Crippen LogP contribution in [0.15, 0.2) is 36.4 Å². The lowest BCUT2D eigenvalue weighted by atomic mass is 9.73. The van der Waals surface area contributed by atoms with Crippen LogP contribution in [0.25, 0.3) is 0 Å². The number of carbonyl (C=O) groups excluding carboxylic acids is 3. The lowest BCUT2D eigenvalue weighted by Crippen LogP contribution is -2.58. The van der Waals surface area contributed by atoms with Crippen LogP contribution in [0, 0.1) is 23.7 Å². The molecule has 4 heterocycles. The highest BCUT2D eigenvalue weighted by atomic mass is 16.5. The third-order valence-electron chi connectivity index (χ3n) is 10.1. The number of hydrogen-bond donors (Lipinski definition) is 2. The number of amides is 3. The second kappa shape index (κ2) is 11.4. The molecule has 1 aromatic carbocycles. The predicted octanol–water partition coefficient (Wildman–Crippen LogP) is 2.06. The summed E-state index contributed by atoms with van der Waals surface area (Å²) in [5.74, 6) is -0.600. The smallest absolute Gasteiger partial charge is 0.246 e. The summed E-state index contributed by atoms with van der Waals surface area (Å²) in [5.41, 5.74) is -0.552. The summed E-state index contributed by atoms with van der Waals surface area (Å²) in [6, 6.07) is 6.31. The molecule has 0 aromatic heterocycles. The van der Waals surface area contributed by atoms with E-state index in [9.17, 15) is 14.4 Å². The Kier molecular flexibility index (Phi) is 7.82. The van der Waals surface area contributed by atoms with Crippen LogP contribution < -0.4 is 15.4 Å². The molecule has 0 radical (unpaired) electrons. The van der Waals surface area contributed by atoms with Gasteiger partial charge in [-0.15, -0.1) is 0 Å². The Labute approximate surface area is 241 Å². The van der Waals surface area contributed by atoms with Crippen molar-refractivity contribution in [2.24, 2.45) is 23.7 Å². The lowest BCUT2D eigenvalue weighted by molar-refractivity contribution is -0.142. The second-order valence-corrected chi connectivity index (χ2v) is 12.3. The van der Waals surface area contributed by atoms with Crippen molar-refractivity contribution in [3.8, 4) is 5.75 Å². The normalized spacial score (nSPS) is 36.3. The van der Waals surface area contributed by atoms with Crippen molar-refractivity contribution in [2.45, 2.75) is 56.9 Å². The molecule has 1 spiro atoms. The third kappa shape index (κ3) is 5.04. The Morgan fingerprint density at radius 2 is 1.83 bits per heavy atom. The summed E-state index contributed by atoms with van der Waals surface area (Å²) in [6.45, 7) is 8.35. The maximum Gasteiger partial charge on any atom is 0.246 e. The van der Waals surface area contributed by atoms with E-state index in [0.717, 1.165) is 32.4 Å². The van der Waals surface area contributed by atoms with Crippen molar-refractivity contribution < 1.29 is 28.6 Å². The monoisotopic (exact) mass is 566 g/mol. The minimum absolute atomic E-state index is 0.0506. The van der Waals surface area contributed by atoms with E-state index in [2.05, 4.69) is 29.4 Å². The largest absolute Gasteiger partial charge is 0.497 e. The van der Waals surface area contributed by atoms with Crippen LogP contribution in [0.5, 0.6) is 5.75 Å².